The number of hydrogen-bond acceptors (Lipinski definition) is 3. The second-order valence-corrected chi connectivity index (χ2v) is 4.26. The summed E-state index contributed by atoms with van der Waals surface area (Å²) >= 11 is 4.45. The molecule has 0 atom stereocenters. The third-order valence-corrected chi connectivity index (χ3v) is 3.23. The van der Waals surface area contributed by atoms with Crippen LogP contribution in [0.25, 0.3) is 10.1 Å². The molecule has 68 valence electrons. The maximum atomic E-state index is 13.1. The maximum Gasteiger partial charge on any atom is 0.138 e. The fraction of sp³-hybridized carbons (Fsp3) is 0.125. The van der Waals surface area contributed by atoms with E-state index in [1.165, 1.54) is 17.6 Å². The lowest BCUT2D eigenvalue weighted by Crippen LogP contribution is -1.96. The molecule has 0 aliphatic carbocycles. The molecule has 0 saturated carbocycles. The van der Waals surface area contributed by atoms with Gasteiger partial charge in [0.15, 0.2) is 0 Å². The highest BCUT2D eigenvalue weighted by atomic mass is 79.9. The SMILES string of the molecule is NCc1nsc2cc(Br)c(F)cc12. The minimum absolute atomic E-state index is 0.276. The zero-order chi connectivity index (χ0) is 9.42. The molecule has 2 aromatic rings. The molecule has 0 bridgehead atoms. The third kappa shape index (κ3) is 1.47. The van der Waals surface area contributed by atoms with Gasteiger partial charge in [-0.3, -0.25) is 0 Å². The van der Waals surface area contributed by atoms with Crippen LogP contribution in [0.5, 0.6) is 0 Å². The predicted molar refractivity (Wildman–Crippen MR) is 55.2 cm³/mol. The number of halogens is 2. The Balaban J connectivity index is 2.77. The third-order valence-electron chi connectivity index (χ3n) is 1.78. The minimum Gasteiger partial charge on any atom is -0.325 e. The van der Waals surface area contributed by atoms with Crippen molar-refractivity contribution in [3.05, 3.63) is 28.1 Å². The van der Waals surface area contributed by atoms with Crippen LogP contribution in [0.15, 0.2) is 16.6 Å². The van der Waals surface area contributed by atoms with Gasteiger partial charge in [0.05, 0.1) is 14.9 Å². The number of rotatable bonds is 1. The largest absolute Gasteiger partial charge is 0.325 e. The molecule has 5 heteroatoms. The van der Waals surface area contributed by atoms with Gasteiger partial charge in [0.25, 0.3) is 0 Å². The van der Waals surface area contributed by atoms with Crippen LogP contribution in [0.4, 0.5) is 4.39 Å². The molecule has 1 heterocycles. The molecule has 0 fully saturated rings. The van der Waals surface area contributed by atoms with Crippen LogP contribution >= 0.6 is 27.5 Å². The summed E-state index contributed by atoms with van der Waals surface area (Å²) in [5.74, 6) is -0.276. The Hall–Kier alpha value is -0.520. The second-order valence-electron chi connectivity index (χ2n) is 2.60. The molecule has 0 amide bonds. The number of aromatic nitrogens is 1. The van der Waals surface area contributed by atoms with E-state index in [9.17, 15) is 4.39 Å². The van der Waals surface area contributed by atoms with Crippen LogP contribution in [0.2, 0.25) is 0 Å². The zero-order valence-corrected chi connectivity index (χ0v) is 8.95. The van der Waals surface area contributed by atoms with Gasteiger partial charge in [-0.1, -0.05) is 0 Å². The van der Waals surface area contributed by atoms with Gasteiger partial charge in [0.1, 0.15) is 5.82 Å². The van der Waals surface area contributed by atoms with Crippen LogP contribution in [0, 0.1) is 5.82 Å². The van der Waals surface area contributed by atoms with Gasteiger partial charge in [-0.2, -0.15) is 4.37 Å². The van der Waals surface area contributed by atoms with E-state index in [0.717, 1.165) is 15.8 Å². The molecule has 0 aliphatic rings. The van der Waals surface area contributed by atoms with Crippen molar-refractivity contribution < 1.29 is 4.39 Å². The Labute approximate surface area is 86.9 Å². The minimum atomic E-state index is -0.276. The molecule has 0 unspecified atom stereocenters. The fourth-order valence-electron chi connectivity index (χ4n) is 1.13. The summed E-state index contributed by atoms with van der Waals surface area (Å²) in [6.45, 7) is 0.348. The van der Waals surface area contributed by atoms with Crippen molar-refractivity contribution in [1.29, 1.82) is 0 Å². The quantitative estimate of drug-likeness (QED) is 0.857. The number of hydrogen-bond donors (Lipinski definition) is 1. The van der Waals surface area contributed by atoms with E-state index >= 15 is 0 Å². The molecule has 2 N–H and O–H groups in total. The monoisotopic (exact) mass is 260 g/mol. The van der Waals surface area contributed by atoms with E-state index in [4.69, 9.17) is 5.73 Å². The highest BCUT2D eigenvalue weighted by molar-refractivity contribution is 9.10. The maximum absolute atomic E-state index is 13.1. The van der Waals surface area contributed by atoms with E-state index in [1.54, 1.807) is 6.07 Å². The van der Waals surface area contributed by atoms with Gasteiger partial charge in [0, 0.05) is 11.9 Å². The molecule has 0 saturated heterocycles. The lowest BCUT2D eigenvalue weighted by molar-refractivity contribution is 0.623. The normalized spacial score (nSPS) is 11.0. The first-order chi connectivity index (χ1) is 6.22. The topological polar surface area (TPSA) is 38.9 Å². The lowest BCUT2D eigenvalue weighted by atomic mass is 10.2. The molecular formula is C8H6BrFN2S. The van der Waals surface area contributed by atoms with Gasteiger partial charge < -0.3 is 5.73 Å². The number of benzene rings is 1. The number of fused-ring (bicyclic) bond motifs is 1. The summed E-state index contributed by atoms with van der Waals surface area (Å²) in [4.78, 5) is 0. The van der Waals surface area contributed by atoms with Gasteiger partial charge >= 0.3 is 0 Å². The first-order valence-electron chi connectivity index (χ1n) is 3.65. The van der Waals surface area contributed by atoms with Gasteiger partial charge in [-0.25, -0.2) is 4.39 Å². The molecule has 0 radical (unpaired) electrons. The number of nitrogens with two attached hydrogens (primary N) is 1. The van der Waals surface area contributed by atoms with Crippen molar-refractivity contribution in [2.24, 2.45) is 5.73 Å². The van der Waals surface area contributed by atoms with Gasteiger partial charge in [0.2, 0.25) is 0 Å². The molecule has 2 nitrogen and oxygen atoms in total. The Morgan fingerprint density at radius 3 is 3.00 bits per heavy atom. The Bertz CT molecular complexity index is 455. The van der Waals surface area contributed by atoms with Crippen LogP contribution in [0.3, 0.4) is 0 Å². The van der Waals surface area contributed by atoms with Crippen molar-refractivity contribution in [1.82, 2.24) is 4.37 Å². The van der Waals surface area contributed by atoms with Crippen molar-refractivity contribution in [3.8, 4) is 0 Å². The highest BCUT2D eigenvalue weighted by Crippen LogP contribution is 2.28. The van der Waals surface area contributed by atoms with E-state index in [0.29, 0.717) is 11.0 Å². The molecule has 2 rings (SSSR count). The predicted octanol–water partition coefficient (Wildman–Crippen LogP) is 2.66. The van der Waals surface area contributed by atoms with E-state index in [2.05, 4.69) is 20.3 Å². The Kier molecular flexibility index (Phi) is 2.31. The van der Waals surface area contributed by atoms with Crippen molar-refractivity contribution in [3.63, 3.8) is 0 Å². The van der Waals surface area contributed by atoms with Crippen LogP contribution in [0.1, 0.15) is 5.69 Å². The fourth-order valence-corrected chi connectivity index (χ4v) is 2.45. The van der Waals surface area contributed by atoms with Crippen molar-refractivity contribution >= 4 is 37.5 Å². The van der Waals surface area contributed by atoms with Gasteiger partial charge in [-0.05, 0) is 39.6 Å². The van der Waals surface area contributed by atoms with Crippen molar-refractivity contribution in [2.75, 3.05) is 0 Å². The standard InChI is InChI=1S/C8H6BrFN2S/c9-5-2-8-4(1-6(5)10)7(3-11)12-13-8/h1-2H,3,11H2. The first-order valence-corrected chi connectivity index (χ1v) is 5.22. The average Bonchev–Trinajstić information content (AvgIpc) is 2.48. The Morgan fingerprint density at radius 2 is 2.31 bits per heavy atom. The first kappa shape index (κ1) is 9.05. The summed E-state index contributed by atoms with van der Waals surface area (Å²) in [7, 11) is 0. The molecule has 0 aliphatic heterocycles. The van der Waals surface area contributed by atoms with E-state index < -0.39 is 0 Å². The van der Waals surface area contributed by atoms with Gasteiger partial charge in [-0.15, -0.1) is 0 Å². The van der Waals surface area contributed by atoms with Crippen molar-refractivity contribution in [2.45, 2.75) is 6.54 Å². The number of nitrogens with zero attached hydrogens (tertiary/aromatic N) is 1. The smallest absolute Gasteiger partial charge is 0.138 e. The van der Waals surface area contributed by atoms with E-state index in [1.807, 2.05) is 0 Å². The second kappa shape index (κ2) is 3.32. The molecular weight excluding hydrogens is 255 g/mol. The zero-order valence-electron chi connectivity index (χ0n) is 6.55. The summed E-state index contributed by atoms with van der Waals surface area (Å²) in [6, 6.07) is 3.19. The summed E-state index contributed by atoms with van der Waals surface area (Å²) in [5, 5.41) is 0.813. The van der Waals surface area contributed by atoms with Crippen LogP contribution < -0.4 is 5.73 Å². The van der Waals surface area contributed by atoms with Crippen LogP contribution in [-0.2, 0) is 6.54 Å². The summed E-state index contributed by atoms with van der Waals surface area (Å²) in [6.07, 6.45) is 0. The lowest BCUT2D eigenvalue weighted by Gasteiger charge is -1.95. The van der Waals surface area contributed by atoms with Crippen LogP contribution in [-0.4, -0.2) is 4.37 Å². The molecule has 13 heavy (non-hydrogen) atoms. The highest BCUT2D eigenvalue weighted by Gasteiger charge is 2.08. The molecule has 1 aromatic heterocycles. The molecule has 0 spiro atoms. The molecule has 1 aromatic carbocycles. The summed E-state index contributed by atoms with van der Waals surface area (Å²) in [5.41, 5.74) is 6.21. The van der Waals surface area contributed by atoms with E-state index in [-0.39, 0.29) is 5.82 Å². The Morgan fingerprint density at radius 1 is 1.54 bits per heavy atom. The summed E-state index contributed by atoms with van der Waals surface area (Å²) < 4.78 is 18.7. The average molecular weight is 261 g/mol.